The summed E-state index contributed by atoms with van der Waals surface area (Å²) in [5.41, 5.74) is 2.26. The summed E-state index contributed by atoms with van der Waals surface area (Å²) in [6, 6.07) is 12.8. The van der Waals surface area contributed by atoms with Gasteiger partial charge < -0.3 is 8.98 Å². The van der Waals surface area contributed by atoms with Gasteiger partial charge in [0.15, 0.2) is 11.6 Å². The number of hydrogen-bond acceptors (Lipinski definition) is 2. The van der Waals surface area contributed by atoms with Gasteiger partial charge in [-0.1, -0.05) is 12.1 Å². The molecule has 17 heavy (non-hydrogen) atoms. The molecule has 3 nitrogen and oxygen atoms in total. The first-order valence-electron chi connectivity index (χ1n) is 5.94. The maximum Gasteiger partial charge on any atom is 0.177 e. The van der Waals surface area contributed by atoms with Crippen LogP contribution in [0.4, 0.5) is 0 Å². The van der Waals surface area contributed by atoms with E-state index in [0.29, 0.717) is 6.04 Å². The molecule has 0 bridgehead atoms. The lowest BCUT2D eigenvalue weighted by Gasteiger charge is -2.04. The minimum Gasteiger partial charge on any atom is -0.461 e. The lowest BCUT2D eigenvalue weighted by atomic mass is 10.3. The smallest absolute Gasteiger partial charge is 0.177 e. The molecule has 84 valence electrons. The molecule has 0 radical (unpaired) electrons. The van der Waals surface area contributed by atoms with Crippen LogP contribution >= 0.6 is 0 Å². The highest BCUT2D eigenvalue weighted by Gasteiger charge is 2.29. The van der Waals surface area contributed by atoms with Gasteiger partial charge in [0.1, 0.15) is 0 Å². The van der Waals surface area contributed by atoms with Gasteiger partial charge in [0.05, 0.1) is 17.3 Å². The van der Waals surface area contributed by atoms with Gasteiger partial charge in [0, 0.05) is 6.04 Å². The second-order valence-corrected chi connectivity index (χ2v) is 4.50. The normalized spacial score (nSPS) is 15.5. The van der Waals surface area contributed by atoms with E-state index in [0.717, 1.165) is 17.1 Å². The van der Waals surface area contributed by atoms with Crippen LogP contribution in [-0.4, -0.2) is 9.55 Å². The van der Waals surface area contributed by atoms with Crippen LogP contribution in [-0.2, 0) is 0 Å². The number of aromatic nitrogens is 2. The molecule has 3 heteroatoms. The number of benzene rings is 1. The number of imidazole rings is 1. The fraction of sp³-hybridized carbons (Fsp3) is 0.214. The summed E-state index contributed by atoms with van der Waals surface area (Å²) < 4.78 is 7.80. The molecule has 2 aromatic heterocycles. The Bertz CT molecular complexity index is 663. The molecule has 0 atom stereocenters. The highest BCUT2D eigenvalue weighted by molar-refractivity contribution is 5.80. The molecule has 4 rings (SSSR count). The zero-order valence-corrected chi connectivity index (χ0v) is 9.34. The van der Waals surface area contributed by atoms with Gasteiger partial charge in [-0.2, -0.15) is 0 Å². The summed E-state index contributed by atoms with van der Waals surface area (Å²) in [5.74, 6) is 1.81. The third-order valence-electron chi connectivity index (χ3n) is 3.25. The molecule has 0 unspecified atom stereocenters. The molecule has 1 aromatic carbocycles. The number of para-hydroxylation sites is 2. The van der Waals surface area contributed by atoms with Crippen LogP contribution in [0.3, 0.4) is 0 Å². The first-order valence-corrected chi connectivity index (χ1v) is 5.94. The molecule has 0 amide bonds. The van der Waals surface area contributed by atoms with Crippen LogP contribution in [0.1, 0.15) is 18.9 Å². The lowest BCUT2D eigenvalue weighted by Crippen LogP contribution is -1.96. The van der Waals surface area contributed by atoms with E-state index in [2.05, 4.69) is 27.8 Å². The predicted molar refractivity (Wildman–Crippen MR) is 65.7 cm³/mol. The topological polar surface area (TPSA) is 31.0 Å². The van der Waals surface area contributed by atoms with Crippen molar-refractivity contribution >= 4 is 11.0 Å². The monoisotopic (exact) mass is 224 g/mol. The molecule has 0 N–H and O–H groups in total. The van der Waals surface area contributed by atoms with Crippen LogP contribution in [0.15, 0.2) is 47.1 Å². The second-order valence-electron chi connectivity index (χ2n) is 4.50. The Labute approximate surface area is 98.7 Å². The quantitative estimate of drug-likeness (QED) is 0.665. The highest BCUT2D eigenvalue weighted by atomic mass is 16.3. The predicted octanol–water partition coefficient (Wildman–Crippen LogP) is 3.63. The zero-order chi connectivity index (χ0) is 11.2. The Hall–Kier alpha value is -2.03. The highest BCUT2D eigenvalue weighted by Crippen LogP contribution is 2.41. The van der Waals surface area contributed by atoms with E-state index in [1.165, 1.54) is 18.4 Å². The van der Waals surface area contributed by atoms with Gasteiger partial charge >= 0.3 is 0 Å². The van der Waals surface area contributed by atoms with Crippen molar-refractivity contribution in [2.45, 2.75) is 18.9 Å². The van der Waals surface area contributed by atoms with E-state index in [4.69, 9.17) is 4.42 Å². The molecular weight excluding hydrogens is 212 g/mol. The number of rotatable bonds is 2. The van der Waals surface area contributed by atoms with Crippen LogP contribution in [0.2, 0.25) is 0 Å². The van der Waals surface area contributed by atoms with E-state index < -0.39 is 0 Å². The van der Waals surface area contributed by atoms with E-state index >= 15 is 0 Å². The van der Waals surface area contributed by atoms with Crippen LogP contribution < -0.4 is 0 Å². The molecule has 0 saturated heterocycles. The minimum atomic E-state index is 0.600. The molecule has 3 aromatic rings. The van der Waals surface area contributed by atoms with E-state index in [-0.39, 0.29) is 0 Å². The van der Waals surface area contributed by atoms with Crippen LogP contribution in [0.5, 0.6) is 0 Å². The lowest BCUT2D eigenvalue weighted by molar-refractivity contribution is 0.570. The summed E-state index contributed by atoms with van der Waals surface area (Å²) in [6.45, 7) is 0. The number of nitrogens with zero attached hydrogens (tertiary/aromatic N) is 2. The largest absolute Gasteiger partial charge is 0.461 e. The van der Waals surface area contributed by atoms with Gasteiger partial charge in [0.25, 0.3) is 0 Å². The SMILES string of the molecule is c1coc(-c2nc3ccccc3n2C2CC2)c1. The van der Waals surface area contributed by atoms with Gasteiger partial charge in [-0.25, -0.2) is 4.98 Å². The number of fused-ring (bicyclic) bond motifs is 1. The van der Waals surface area contributed by atoms with Gasteiger partial charge in [-0.15, -0.1) is 0 Å². The molecule has 1 aliphatic carbocycles. The molecular formula is C14H12N2O. The zero-order valence-electron chi connectivity index (χ0n) is 9.34. The Morgan fingerprint density at radius 1 is 1.12 bits per heavy atom. The fourth-order valence-electron chi connectivity index (χ4n) is 2.33. The Morgan fingerprint density at radius 2 is 2.00 bits per heavy atom. The first-order chi connectivity index (χ1) is 8.43. The second kappa shape index (κ2) is 3.23. The maximum atomic E-state index is 5.48. The Kier molecular flexibility index (Phi) is 1.72. The van der Waals surface area contributed by atoms with Crippen molar-refractivity contribution in [3.05, 3.63) is 42.7 Å². The van der Waals surface area contributed by atoms with E-state index in [9.17, 15) is 0 Å². The van der Waals surface area contributed by atoms with Gasteiger partial charge in [-0.05, 0) is 37.1 Å². The van der Waals surface area contributed by atoms with Crippen molar-refractivity contribution in [1.82, 2.24) is 9.55 Å². The van der Waals surface area contributed by atoms with Crippen LogP contribution in [0.25, 0.3) is 22.6 Å². The van der Waals surface area contributed by atoms with E-state index in [1.54, 1.807) is 6.26 Å². The third kappa shape index (κ3) is 1.32. The number of furan rings is 1. The molecule has 0 aliphatic heterocycles. The summed E-state index contributed by atoms with van der Waals surface area (Å²) in [6.07, 6.45) is 4.19. The van der Waals surface area contributed by atoms with Crippen molar-refractivity contribution in [3.63, 3.8) is 0 Å². The molecule has 1 saturated carbocycles. The van der Waals surface area contributed by atoms with Crippen molar-refractivity contribution < 1.29 is 4.42 Å². The van der Waals surface area contributed by atoms with Gasteiger partial charge in [-0.3, -0.25) is 0 Å². The average molecular weight is 224 g/mol. The van der Waals surface area contributed by atoms with Crippen molar-refractivity contribution in [1.29, 1.82) is 0 Å². The summed E-state index contributed by atoms with van der Waals surface area (Å²) >= 11 is 0. The summed E-state index contributed by atoms with van der Waals surface area (Å²) in [4.78, 5) is 4.69. The Balaban J connectivity index is 2.05. The maximum absolute atomic E-state index is 5.48. The fourth-order valence-corrected chi connectivity index (χ4v) is 2.33. The van der Waals surface area contributed by atoms with Crippen molar-refractivity contribution in [2.24, 2.45) is 0 Å². The van der Waals surface area contributed by atoms with Crippen molar-refractivity contribution in [2.75, 3.05) is 0 Å². The first kappa shape index (κ1) is 9.05. The molecule has 1 aliphatic rings. The standard InChI is InChI=1S/C14H12N2O/c1-2-5-12-11(4-1)15-14(13-6-3-9-17-13)16(12)10-7-8-10/h1-6,9-10H,7-8H2. The van der Waals surface area contributed by atoms with Crippen molar-refractivity contribution in [3.8, 4) is 11.6 Å². The van der Waals surface area contributed by atoms with Crippen LogP contribution in [0, 0.1) is 0 Å². The molecule has 2 heterocycles. The third-order valence-corrected chi connectivity index (χ3v) is 3.25. The summed E-state index contributed by atoms with van der Waals surface area (Å²) in [7, 11) is 0. The minimum absolute atomic E-state index is 0.600. The molecule has 1 fully saturated rings. The average Bonchev–Trinajstić information content (AvgIpc) is 2.94. The van der Waals surface area contributed by atoms with E-state index in [1.807, 2.05) is 18.2 Å². The Morgan fingerprint density at radius 3 is 2.76 bits per heavy atom. The van der Waals surface area contributed by atoms with Gasteiger partial charge in [0.2, 0.25) is 0 Å². The summed E-state index contributed by atoms with van der Waals surface area (Å²) in [5, 5.41) is 0. The molecule has 0 spiro atoms. The number of hydrogen-bond donors (Lipinski definition) is 0.